The second-order valence-corrected chi connectivity index (χ2v) is 10.5. The lowest BCUT2D eigenvalue weighted by molar-refractivity contribution is -0.137. The molecule has 2 bridgehead atoms. The molecule has 11 heteroatoms. The molecule has 0 aliphatic heterocycles. The van der Waals surface area contributed by atoms with Gasteiger partial charge in [0, 0.05) is 17.7 Å². The Hall–Kier alpha value is -3.08. The molecule has 2 aromatic rings. The van der Waals surface area contributed by atoms with Crippen LogP contribution in [-0.2, 0) is 21.0 Å². The fourth-order valence-corrected chi connectivity index (χ4v) is 5.99. The van der Waals surface area contributed by atoms with Crippen molar-refractivity contribution in [2.45, 2.75) is 43.2 Å². The van der Waals surface area contributed by atoms with Crippen molar-refractivity contribution in [3.8, 4) is 0 Å². The van der Waals surface area contributed by atoms with Gasteiger partial charge in [-0.15, -0.1) is 0 Å². The Morgan fingerprint density at radius 1 is 0.971 bits per heavy atom. The molecule has 3 N–H and O–H groups in total. The molecule has 0 radical (unpaired) electrons. The smallest absolute Gasteiger partial charge is 0.280 e. The van der Waals surface area contributed by atoms with Gasteiger partial charge in [0.1, 0.15) is 0 Å². The van der Waals surface area contributed by atoms with Crippen LogP contribution in [-0.4, -0.2) is 20.2 Å². The van der Waals surface area contributed by atoms with Gasteiger partial charge in [-0.2, -0.15) is 13.2 Å². The topological polar surface area (TPSA) is 104 Å². The maximum Gasteiger partial charge on any atom is 0.416 e. The molecule has 0 aromatic heterocycles. The lowest BCUT2D eigenvalue weighted by atomic mass is 9.86. The van der Waals surface area contributed by atoms with Gasteiger partial charge in [0.15, 0.2) is 0 Å². The lowest BCUT2D eigenvalue weighted by Gasteiger charge is -2.20. The Bertz CT molecular complexity index is 1200. The summed E-state index contributed by atoms with van der Waals surface area (Å²) in [6.45, 7) is 0. The number of sulfonamides is 1. The molecule has 182 valence electrons. The van der Waals surface area contributed by atoms with Gasteiger partial charge in [-0.05, 0) is 73.4 Å². The minimum absolute atomic E-state index is 0.0351. The predicted molar refractivity (Wildman–Crippen MR) is 118 cm³/mol. The van der Waals surface area contributed by atoms with Crippen molar-refractivity contribution < 1.29 is 31.2 Å². The zero-order valence-corrected chi connectivity index (χ0v) is 18.9. The summed E-state index contributed by atoms with van der Waals surface area (Å²) in [6, 6.07) is 8.76. The van der Waals surface area contributed by atoms with Gasteiger partial charge in [0.05, 0.1) is 10.5 Å². The molecule has 2 amide bonds. The van der Waals surface area contributed by atoms with Crippen LogP contribution in [0.1, 0.15) is 48.0 Å². The number of hydrogen-bond acceptors (Lipinski definition) is 4. The van der Waals surface area contributed by atoms with E-state index in [0.29, 0.717) is 30.2 Å². The maximum absolute atomic E-state index is 12.9. The number of halogens is 3. The molecular formula is C23H24F3N3O4S. The van der Waals surface area contributed by atoms with Crippen LogP contribution in [0.2, 0.25) is 0 Å². The number of amides is 2. The molecule has 3 unspecified atom stereocenters. The number of anilines is 1. The fourth-order valence-electron chi connectivity index (χ4n) is 4.89. The van der Waals surface area contributed by atoms with E-state index >= 15 is 0 Å². The zero-order chi connectivity index (χ0) is 24.5. The number of hydrazine groups is 1. The minimum atomic E-state index is -4.62. The molecule has 2 saturated carbocycles. The van der Waals surface area contributed by atoms with Crippen molar-refractivity contribution in [2.75, 3.05) is 4.72 Å². The first-order valence-electron chi connectivity index (χ1n) is 10.9. The lowest BCUT2D eigenvalue weighted by Crippen LogP contribution is -2.42. The molecule has 0 heterocycles. The van der Waals surface area contributed by atoms with Crippen LogP contribution in [0.3, 0.4) is 0 Å². The SMILES string of the molecule is O=C(CC1CC2CCC1C2)NNC(=O)c1cccc(S(=O)(=O)Nc2cccc(C(F)(F)F)c2)c1. The van der Waals surface area contributed by atoms with E-state index in [1.54, 1.807) is 0 Å². The quantitative estimate of drug-likeness (QED) is 0.525. The van der Waals surface area contributed by atoms with E-state index in [2.05, 4.69) is 15.6 Å². The standard InChI is InChI=1S/C23H24F3N3O4S/c24-23(25,26)18-4-2-5-19(13-18)29-34(32,33)20-6-1-3-16(11-20)22(31)28-27-21(30)12-17-10-14-7-8-15(17)9-14/h1-6,11,13-15,17,29H,7-10,12H2,(H,27,30)(H,28,31). The Labute approximate surface area is 195 Å². The third-order valence-electron chi connectivity index (χ3n) is 6.50. The first kappa shape index (κ1) is 24.1. The Balaban J connectivity index is 1.37. The molecule has 2 aliphatic rings. The first-order valence-corrected chi connectivity index (χ1v) is 12.4. The molecule has 0 saturated heterocycles. The van der Waals surface area contributed by atoms with Crippen LogP contribution in [0.4, 0.5) is 18.9 Å². The largest absolute Gasteiger partial charge is 0.416 e. The van der Waals surface area contributed by atoms with Crippen LogP contribution in [0, 0.1) is 17.8 Å². The van der Waals surface area contributed by atoms with Crippen LogP contribution in [0.15, 0.2) is 53.4 Å². The number of carbonyl (C=O) groups excluding carboxylic acids is 2. The summed E-state index contributed by atoms with van der Waals surface area (Å²) in [4.78, 5) is 24.4. The molecule has 2 aromatic carbocycles. The Morgan fingerprint density at radius 3 is 2.41 bits per heavy atom. The summed E-state index contributed by atoms with van der Waals surface area (Å²) in [5, 5.41) is 0. The first-order chi connectivity index (χ1) is 16.0. The molecule has 34 heavy (non-hydrogen) atoms. The average Bonchev–Trinajstić information content (AvgIpc) is 3.40. The van der Waals surface area contributed by atoms with E-state index in [9.17, 15) is 31.2 Å². The van der Waals surface area contributed by atoms with E-state index in [1.165, 1.54) is 37.1 Å². The van der Waals surface area contributed by atoms with Gasteiger partial charge in [-0.25, -0.2) is 8.42 Å². The summed E-state index contributed by atoms with van der Waals surface area (Å²) in [7, 11) is -4.27. The highest BCUT2D eigenvalue weighted by Gasteiger charge is 2.40. The van der Waals surface area contributed by atoms with E-state index in [-0.39, 0.29) is 22.1 Å². The third kappa shape index (κ3) is 5.52. The molecule has 7 nitrogen and oxygen atoms in total. The number of alkyl halides is 3. The highest BCUT2D eigenvalue weighted by atomic mass is 32.2. The summed E-state index contributed by atoms with van der Waals surface area (Å²) < 4.78 is 66.1. The van der Waals surface area contributed by atoms with Gasteiger partial charge < -0.3 is 0 Å². The number of rotatable bonds is 6. The van der Waals surface area contributed by atoms with E-state index in [1.807, 2.05) is 0 Å². The van der Waals surface area contributed by atoms with Crippen LogP contribution in [0.5, 0.6) is 0 Å². The zero-order valence-electron chi connectivity index (χ0n) is 18.1. The molecule has 2 fully saturated rings. The van der Waals surface area contributed by atoms with Gasteiger partial charge in [0.2, 0.25) is 5.91 Å². The summed E-state index contributed by atoms with van der Waals surface area (Å²) >= 11 is 0. The van der Waals surface area contributed by atoms with Crippen molar-refractivity contribution in [1.82, 2.24) is 10.9 Å². The van der Waals surface area contributed by atoms with Crippen LogP contribution < -0.4 is 15.6 Å². The Morgan fingerprint density at radius 2 is 1.74 bits per heavy atom. The normalized spacial score (nSPS) is 21.8. The maximum atomic E-state index is 12.9. The molecule has 3 atom stereocenters. The molecule has 4 rings (SSSR count). The van der Waals surface area contributed by atoms with Crippen LogP contribution >= 0.6 is 0 Å². The molecule has 0 spiro atoms. The van der Waals surface area contributed by atoms with E-state index < -0.39 is 27.7 Å². The van der Waals surface area contributed by atoms with Crippen molar-refractivity contribution in [2.24, 2.45) is 17.8 Å². The fraction of sp³-hybridized carbons (Fsp3) is 0.391. The predicted octanol–water partition coefficient (Wildman–Crippen LogP) is 4.09. The van der Waals surface area contributed by atoms with Crippen molar-refractivity contribution >= 4 is 27.5 Å². The van der Waals surface area contributed by atoms with Crippen molar-refractivity contribution in [3.05, 3.63) is 59.7 Å². The van der Waals surface area contributed by atoms with E-state index in [0.717, 1.165) is 31.0 Å². The number of carbonyl (C=O) groups is 2. The third-order valence-corrected chi connectivity index (χ3v) is 7.88. The minimum Gasteiger partial charge on any atom is -0.280 e. The molecule has 2 aliphatic carbocycles. The highest BCUT2D eigenvalue weighted by molar-refractivity contribution is 7.92. The van der Waals surface area contributed by atoms with Crippen LogP contribution in [0.25, 0.3) is 0 Å². The van der Waals surface area contributed by atoms with Gasteiger partial charge in [-0.3, -0.25) is 25.2 Å². The van der Waals surface area contributed by atoms with Gasteiger partial charge in [0.25, 0.3) is 15.9 Å². The summed E-state index contributed by atoms with van der Waals surface area (Å²) in [5.74, 6) is 0.577. The average molecular weight is 496 g/mol. The summed E-state index contributed by atoms with van der Waals surface area (Å²) in [6.07, 6.45) is 0.273. The van der Waals surface area contributed by atoms with Gasteiger partial charge in [-0.1, -0.05) is 18.6 Å². The number of fused-ring (bicyclic) bond motifs is 2. The number of nitrogens with one attached hydrogen (secondary N) is 3. The highest BCUT2D eigenvalue weighted by Crippen LogP contribution is 2.49. The van der Waals surface area contributed by atoms with E-state index in [4.69, 9.17) is 0 Å². The number of benzene rings is 2. The Kier molecular flexibility index (Phi) is 6.57. The second-order valence-electron chi connectivity index (χ2n) is 8.85. The second kappa shape index (κ2) is 9.28. The summed E-state index contributed by atoms with van der Waals surface area (Å²) in [5.41, 5.74) is 3.37. The van der Waals surface area contributed by atoms with Gasteiger partial charge >= 0.3 is 6.18 Å². The number of hydrogen-bond donors (Lipinski definition) is 3. The van der Waals surface area contributed by atoms with Crippen molar-refractivity contribution in [3.63, 3.8) is 0 Å². The molecular weight excluding hydrogens is 471 g/mol. The van der Waals surface area contributed by atoms with Crippen molar-refractivity contribution in [1.29, 1.82) is 0 Å². The monoisotopic (exact) mass is 495 g/mol.